The van der Waals surface area contributed by atoms with Crippen molar-refractivity contribution in [1.29, 1.82) is 0 Å². The van der Waals surface area contributed by atoms with Crippen LogP contribution in [0, 0.1) is 53.3 Å². The molecule has 0 aliphatic heterocycles. The Labute approximate surface area is 204 Å². The van der Waals surface area contributed by atoms with E-state index in [0.29, 0.717) is 22.6 Å². The summed E-state index contributed by atoms with van der Waals surface area (Å²) in [5, 5.41) is 2.73. The van der Waals surface area contributed by atoms with E-state index < -0.39 is 0 Å². The maximum absolute atomic E-state index is 12.5. The number of thioether (sulfide) groups is 2. The Kier molecular flexibility index (Phi) is 6.24. The molecular weight excluding hydrogens is 432 g/mol. The molecule has 6 rings (SSSR count). The summed E-state index contributed by atoms with van der Waals surface area (Å²) in [5.74, 6) is 7.51. The van der Waals surface area contributed by atoms with Crippen LogP contribution in [0.5, 0.6) is 0 Å². The normalized spacial score (nSPS) is 51.5. The van der Waals surface area contributed by atoms with Gasteiger partial charge in [-0.05, 0) is 110 Å². The summed E-state index contributed by atoms with van der Waals surface area (Å²) in [6, 6.07) is 0. The van der Waals surface area contributed by atoms with Crippen LogP contribution in [0.4, 0.5) is 0 Å². The average molecular weight is 477 g/mol. The fourth-order valence-corrected chi connectivity index (χ4v) is 12.3. The molecule has 6 saturated carbocycles. The topological polar surface area (TPSA) is 26.3 Å². The van der Waals surface area contributed by atoms with Crippen molar-refractivity contribution in [2.24, 2.45) is 53.3 Å². The predicted molar refractivity (Wildman–Crippen MR) is 136 cm³/mol. The van der Waals surface area contributed by atoms with Crippen molar-refractivity contribution >= 4 is 28.6 Å². The summed E-state index contributed by atoms with van der Waals surface area (Å²) >= 11 is 3.95. The zero-order valence-electron chi connectivity index (χ0n) is 20.6. The van der Waals surface area contributed by atoms with Crippen LogP contribution >= 0.6 is 23.5 Å². The van der Waals surface area contributed by atoms with E-state index in [4.69, 9.17) is 4.74 Å². The predicted octanol–water partition coefficient (Wildman–Crippen LogP) is 7.06. The summed E-state index contributed by atoms with van der Waals surface area (Å²) in [6.45, 7) is 8.98. The van der Waals surface area contributed by atoms with Gasteiger partial charge in [0.15, 0.2) is 5.12 Å². The highest BCUT2D eigenvalue weighted by Crippen LogP contribution is 2.64. The lowest BCUT2D eigenvalue weighted by Crippen LogP contribution is -2.38. The summed E-state index contributed by atoms with van der Waals surface area (Å²) in [4.78, 5) is 12.5. The molecule has 32 heavy (non-hydrogen) atoms. The van der Waals surface area contributed by atoms with E-state index in [1.807, 2.05) is 0 Å². The smallest absolute Gasteiger partial charge is 0.191 e. The third-order valence-corrected chi connectivity index (χ3v) is 13.5. The maximum atomic E-state index is 12.5. The number of hydrogen-bond acceptors (Lipinski definition) is 4. The van der Waals surface area contributed by atoms with Crippen molar-refractivity contribution in [2.45, 2.75) is 113 Å². The standard InChI is InChI=1S/C28H44O2S2/c1-5-15(4)28(29)32-19-11-21-17-7-25(23(21)13-19)27(9-17)30-26-8-16-6-24(26)22-12-18(10-20(16)22)31-14(2)3/h14-27H,5-13H2,1-4H3. The van der Waals surface area contributed by atoms with Gasteiger partial charge >= 0.3 is 0 Å². The zero-order valence-corrected chi connectivity index (χ0v) is 22.2. The number of rotatable bonds is 7. The van der Waals surface area contributed by atoms with Crippen LogP contribution in [-0.4, -0.2) is 33.1 Å². The van der Waals surface area contributed by atoms with Gasteiger partial charge in [0.05, 0.1) is 12.2 Å². The van der Waals surface area contributed by atoms with Gasteiger partial charge in [0.25, 0.3) is 0 Å². The molecule has 2 nitrogen and oxygen atoms in total. The first-order valence-electron chi connectivity index (χ1n) is 13.9. The molecular formula is C28H44O2S2. The van der Waals surface area contributed by atoms with Gasteiger partial charge in [-0.3, -0.25) is 4.79 Å². The molecule has 4 heteroatoms. The first-order valence-corrected chi connectivity index (χ1v) is 15.7. The molecule has 4 bridgehead atoms. The highest BCUT2D eigenvalue weighted by Gasteiger charge is 2.60. The second-order valence-electron chi connectivity index (χ2n) is 12.8. The van der Waals surface area contributed by atoms with Gasteiger partial charge in [0, 0.05) is 16.4 Å². The van der Waals surface area contributed by atoms with E-state index in [-0.39, 0.29) is 5.92 Å². The van der Waals surface area contributed by atoms with Crippen molar-refractivity contribution in [3.63, 3.8) is 0 Å². The van der Waals surface area contributed by atoms with Crippen molar-refractivity contribution in [3.8, 4) is 0 Å². The van der Waals surface area contributed by atoms with Gasteiger partial charge in [-0.15, -0.1) is 0 Å². The molecule has 13 atom stereocenters. The largest absolute Gasteiger partial charge is 0.374 e. The van der Waals surface area contributed by atoms with Gasteiger partial charge in [-0.1, -0.05) is 39.5 Å². The van der Waals surface area contributed by atoms with Gasteiger partial charge in [0.2, 0.25) is 0 Å². The second-order valence-corrected chi connectivity index (χ2v) is 16.0. The van der Waals surface area contributed by atoms with Gasteiger partial charge in [-0.2, -0.15) is 11.8 Å². The molecule has 6 aliphatic carbocycles. The maximum Gasteiger partial charge on any atom is 0.191 e. The molecule has 0 heterocycles. The zero-order chi connectivity index (χ0) is 22.1. The monoisotopic (exact) mass is 476 g/mol. The Morgan fingerprint density at radius 3 is 1.84 bits per heavy atom. The number of carbonyl (C=O) groups excluding carboxylic acids is 1. The number of fused-ring (bicyclic) bond motifs is 10. The molecule has 0 amide bonds. The summed E-state index contributed by atoms with van der Waals surface area (Å²) in [7, 11) is 0. The van der Waals surface area contributed by atoms with E-state index in [9.17, 15) is 4.79 Å². The summed E-state index contributed by atoms with van der Waals surface area (Å²) in [6.07, 6.45) is 13.3. The molecule has 6 aliphatic rings. The highest BCUT2D eigenvalue weighted by molar-refractivity contribution is 8.14. The Bertz CT molecular complexity index is 724. The lowest BCUT2D eigenvalue weighted by molar-refractivity contribution is -0.114. The van der Waals surface area contributed by atoms with Crippen molar-refractivity contribution in [2.75, 3.05) is 0 Å². The van der Waals surface area contributed by atoms with Gasteiger partial charge in [-0.25, -0.2) is 0 Å². The molecule has 0 aromatic carbocycles. The van der Waals surface area contributed by atoms with Crippen LogP contribution < -0.4 is 0 Å². The molecule has 0 radical (unpaired) electrons. The van der Waals surface area contributed by atoms with Crippen LogP contribution in [0.15, 0.2) is 0 Å². The van der Waals surface area contributed by atoms with Crippen molar-refractivity contribution in [1.82, 2.24) is 0 Å². The lowest BCUT2D eigenvalue weighted by atomic mass is 9.78. The van der Waals surface area contributed by atoms with Crippen LogP contribution in [0.1, 0.15) is 85.5 Å². The van der Waals surface area contributed by atoms with Crippen LogP contribution in [0.3, 0.4) is 0 Å². The van der Waals surface area contributed by atoms with E-state index in [0.717, 1.165) is 64.3 Å². The van der Waals surface area contributed by atoms with E-state index in [1.54, 1.807) is 11.8 Å². The first kappa shape index (κ1) is 22.8. The van der Waals surface area contributed by atoms with E-state index in [2.05, 4.69) is 39.5 Å². The minimum absolute atomic E-state index is 0.226. The van der Waals surface area contributed by atoms with Crippen LogP contribution in [0.2, 0.25) is 0 Å². The number of hydrogen-bond donors (Lipinski definition) is 0. The molecule has 0 spiro atoms. The SMILES string of the molecule is CCC(C)C(=O)SC1CC2C3CC(OC4CC5CC4C4CC(SC(C)C)CC54)C(C3)C2C1. The van der Waals surface area contributed by atoms with Crippen molar-refractivity contribution in [3.05, 3.63) is 0 Å². The fraction of sp³-hybridized carbons (Fsp3) is 0.964. The van der Waals surface area contributed by atoms with Crippen LogP contribution in [0.25, 0.3) is 0 Å². The summed E-state index contributed by atoms with van der Waals surface area (Å²) < 4.78 is 7.06. The van der Waals surface area contributed by atoms with E-state index in [1.165, 1.54) is 51.4 Å². The lowest BCUT2D eigenvalue weighted by Gasteiger charge is -2.37. The van der Waals surface area contributed by atoms with Crippen LogP contribution in [-0.2, 0) is 9.53 Å². The minimum Gasteiger partial charge on any atom is -0.374 e. The number of ether oxygens (including phenoxy) is 1. The van der Waals surface area contributed by atoms with E-state index >= 15 is 0 Å². The van der Waals surface area contributed by atoms with Gasteiger partial charge < -0.3 is 4.74 Å². The van der Waals surface area contributed by atoms with Crippen molar-refractivity contribution < 1.29 is 9.53 Å². The number of carbonyl (C=O) groups is 1. The molecule has 13 unspecified atom stereocenters. The fourth-order valence-electron chi connectivity index (χ4n) is 9.49. The Hall–Kier alpha value is 0.330. The quantitative estimate of drug-likeness (QED) is 0.393. The molecule has 0 aromatic rings. The Balaban J connectivity index is 1.05. The molecule has 180 valence electrons. The Morgan fingerprint density at radius 1 is 0.750 bits per heavy atom. The third kappa shape index (κ3) is 3.85. The highest BCUT2D eigenvalue weighted by atomic mass is 32.2. The average Bonchev–Trinajstić information content (AvgIpc) is 3.54. The molecule has 0 N–H and O–H groups in total. The third-order valence-electron chi connectivity index (χ3n) is 10.8. The minimum atomic E-state index is 0.226. The Morgan fingerprint density at radius 2 is 1.28 bits per heavy atom. The molecule has 0 aromatic heterocycles. The molecule has 0 saturated heterocycles. The second kappa shape index (κ2) is 8.77. The van der Waals surface area contributed by atoms with Gasteiger partial charge in [0.1, 0.15) is 0 Å². The summed E-state index contributed by atoms with van der Waals surface area (Å²) in [5.41, 5.74) is 0. The molecule has 6 fully saturated rings. The first-order chi connectivity index (χ1) is 15.4.